The third-order valence-corrected chi connectivity index (χ3v) is 4.87. The Balaban J connectivity index is 1.63. The van der Waals surface area contributed by atoms with Crippen molar-refractivity contribution in [3.63, 3.8) is 0 Å². The van der Waals surface area contributed by atoms with Gasteiger partial charge in [0.05, 0.1) is 17.6 Å². The van der Waals surface area contributed by atoms with Crippen LogP contribution in [-0.4, -0.2) is 25.0 Å². The molecule has 0 atom stereocenters. The second kappa shape index (κ2) is 7.87. The summed E-state index contributed by atoms with van der Waals surface area (Å²) in [4.78, 5) is 21.5. The van der Waals surface area contributed by atoms with E-state index < -0.39 is 0 Å². The molecule has 4 aromatic rings. The molecule has 0 aliphatic carbocycles. The summed E-state index contributed by atoms with van der Waals surface area (Å²) in [6.07, 6.45) is 4.72. The number of nitrogens with one attached hydrogen (secondary N) is 1. The summed E-state index contributed by atoms with van der Waals surface area (Å²) in [5.74, 6) is 1.23. The quantitative estimate of drug-likeness (QED) is 0.530. The van der Waals surface area contributed by atoms with Crippen LogP contribution in [0.1, 0.15) is 35.4 Å². The number of hydrogen-bond acceptors (Lipinski definition) is 3. The Morgan fingerprint density at radius 3 is 2.66 bits per heavy atom. The molecule has 0 unspecified atom stereocenters. The molecule has 4 rings (SSSR count). The normalized spacial score (nSPS) is 11.1. The van der Waals surface area contributed by atoms with Crippen LogP contribution in [-0.2, 0) is 13.1 Å². The summed E-state index contributed by atoms with van der Waals surface area (Å²) in [7, 11) is 0. The topological polar surface area (TPSA) is 64.7 Å². The predicted molar refractivity (Wildman–Crippen MR) is 110 cm³/mol. The van der Waals surface area contributed by atoms with Crippen molar-refractivity contribution in [3.05, 3.63) is 77.9 Å². The molecule has 148 valence electrons. The van der Waals surface area contributed by atoms with Crippen LogP contribution >= 0.6 is 0 Å². The number of imidazole rings is 2. The average Bonchev–Trinajstić information content (AvgIpc) is 3.26. The number of halogens is 1. The van der Waals surface area contributed by atoms with Gasteiger partial charge in [-0.3, -0.25) is 4.79 Å². The van der Waals surface area contributed by atoms with Gasteiger partial charge >= 0.3 is 0 Å². The van der Waals surface area contributed by atoms with E-state index >= 15 is 0 Å². The minimum Gasteiger partial charge on any atom is -0.328 e. The monoisotopic (exact) mass is 391 g/mol. The first-order valence-electron chi connectivity index (χ1n) is 9.59. The van der Waals surface area contributed by atoms with Gasteiger partial charge in [-0.15, -0.1) is 0 Å². The zero-order chi connectivity index (χ0) is 20.4. The maximum absolute atomic E-state index is 13.1. The van der Waals surface area contributed by atoms with E-state index in [1.807, 2.05) is 31.3 Å². The van der Waals surface area contributed by atoms with Gasteiger partial charge in [0.25, 0.3) is 5.91 Å². The molecule has 2 aromatic heterocycles. The van der Waals surface area contributed by atoms with Crippen LogP contribution in [0.15, 0.2) is 54.9 Å². The zero-order valence-electron chi connectivity index (χ0n) is 16.4. The molecule has 0 aliphatic rings. The molecular formula is C22H22FN5O. The second-order valence-corrected chi connectivity index (χ2v) is 6.95. The predicted octanol–water partition coefficient (Wildman–Crippen LogP) is 4.39. The van der Waals surface area contributed by atoms with E-state index in [0.29, 0.717) is 17.8 Å². The summed E-state index contributed by atoms with van der Waals surface area (Å²) in [5.41, 5.74) is 2.90. The number of anilines is 1. The first-order chi connectivity index (χ1) is 14.0. The van der Waals surface area contributed by atoms with Crippen molar-refractivity contribution in [1.82, 2.24) is 19.1 Å². The molecule has 29 heavy (non-hydrogen) atoms. The number of carbonyl (C=O) groups is 1. The third kappa shape index (κ3) is 3.89. The highest BCUT2D eigenvalue weighted by Crippen LogP contribution is 2.22. The van der Waals surface area contributed by atoms with Crippen LogP contribution in [0.3, 0.4) is 0 Å². The van der Waals surface area contributed by atoms with Gasteiger partial charge in [0.2, 0.25) is 0 Å². The molecule has 0 spiro atoms. The van der Waals surface area contributed by atoms with Crippen LogP contribution in [0.2, 0.25) is 0 Å². The van der Waals surface area contributed by atoms with Crippen molar-refractivity contribution < 1.29 is 9.18 Å². The molecule has 0 saturated heterocycles. The first kappa shape index (κ1) is 18.9. The van der Waals surface area contributed by atoms with Crippen molar-refractivity contribution in [2.75, 3.05) is 5.32 Å². The van der Waals surface area contributed by atoms with E-state index in [9.17, 15) is 9.18 Å². The van der Waals surface area contributed by atoms with E-state index in [0.717, 1.165) is 35.6 Å². The van der Waals surface area contributed by atoms with Gasteiger partial charge in [0.15, 0.2) is 0 Å². The fourth-order valence-corrected chi connectivity index (χ4v) is 3.38. The Kier molecular flexibility index (Phi) is 5.12. The molecule has 6 nitrogen and oxygen atoms in total. The first-order valence-corrected chi connectivity index (χ1v) is 9.59. The highest BCUT2D eigenvalue weighted by atomic mass is 19.1. The van der Waals surface area contributed by atoms with Crippen molar-refractivity contribution >= 4 is 22.6 Å². The van der Waals surface area contributed by atoms with Crippen LogP contribution in [0.25, 0.3) is 11.0 Å². The van der Waals surface area contributed by atoms with E-state index in [1.165, 1.54) is 24.3 Å². The third-order valence-electron chi connectivity index (χ3n) is 4.87. The van der Waals surface area contributed by atoms with Crippen molar-refractivity contribution in [3.8, 4) is 0 Å². The molecule has 0 fully saturated rings. The average molecular weight is 391 g/mol. The summed E-state index contributed by atoms with van der Waals surface area (Å²) < 4.78 is 17.3. The van der Waals surface area contributed by atoms with Gasteiger partial charge < -0.3 is 14.5 Å². The van der Waals surface area contributed by atoms with Gasteiger partial charge in [-0.05, 0) is 55.8 Å². The van der Waals surface area contributed by atoms with Crippen LogP contribution in [0.4, 0.5) is 10.1 Å². The fraction of sp³-hybridized carbons (Fsp3) is 0.227. The number of hydrogen-bond donors (Lipinski definition) is 1. The molecule has 0 bridgehead atoms. The molecule has 2 heterocycles. The lowest BCUT2D eigenvalue weighted by molar-refractivity contribution is 0.102. The van der Waals surface area contributed by atoms with Gasteiger partial charge in [0, 0.05) is 30.2 Å². The Hall–Kier alpha value is -3.48. The highest BCUT2D eigenvalue weighted by molar-refractivity contribution is 6.04. The summed E-state index contributed by atoms with van der Waals surface area (Å²) in [6.45, 7) is 5.60. The van der Waals surface area contributed by atoms with Gasteiger partial charge in [0.1, 0.15) is 17.5 Å². The summed E-state index contributed by atoms with van der Waals surface area (Å²) >= 11 is 0. The van der Waals surface area contributed by atoms with Crippen molar-refractivity contribution in [2.45, 2.75) is 33.4 Å². The lowest BCUT2D eigenvalue weighted by atomic mass is 10.2. The van der Waals surface area contributed by atoms with E-state index in [-0.39, 0.29) is 11.7 Å². The van der Waals surface area contributed by atoms with E-state index in [2.05, 4.69) is 26.4 Å². The molecule has 0 radical (unpaired) electrons. The Morgan fingerprint density at radius 2 is 1.97 bits per heavy atom. The minimum atomic E-state index is -0.370. The lowest BCUT2D eigenvalue weighted by Gasteiger charge is -2.09. The van der Waals surface area contributed by atoms with Gasteiger partial charge in [-0.2, -0.15) is 0 Å². The summed E-state index contributed by atoms with van der Waals surface area (Å²) in [6, 6.07) is 11.2. The van der Waals surface area contributed by atoms with Gasteiger partial charge in [-0.1, -0.05) is 6.92 Å². The van der Waals surface area contributed by atoms with E-state index in [1.54, 1.807) is 6.20 Å². The Morgan fingerprint density at radius 1 is 1.17 bits per heavy atom. The fourth-order valence-electron chi connectivity index (χ4n) is 3.38. The van der Waals surface area contributed by atoms with Crippen molar-refractivity contribution in [1.29, 1.82) is 0 Å². The SMILES string of the molecule is CCCn1c(Cn2ccnc2C)nc2cc(NC(=O)c3ccc(F)cc3)ccc21. The lowest BCUT2D eigenvalue weighted by Crippen LogP contribution is -2.11. The Bertz CT molecular complexity index is 1160. The number of rotatable bonds is 6. The standard InChI is InChI=1S/C22H22FN5O/c1-3-11-28-20-9-8-18(25-22(29)16-4-6-17(23)7-5-16)13-19(20)26-21(28)14-27-12-10-24-15(27)2/h4-10,12-13H,3,11,14H2,1-2H3,(H,25,29). The minimum absolute atomic E-state index is 0.286. The number of amides is 1. The molecular weight excluding hydrogens is 369 g/mol. The summed E-state index contributed by atoms with van der Waals surface area (Å²) in [5, 5.41) is 2.86. The van der Waals surface area contributed by atoms with Crippen molar-refractivity contribution in [2.24, 2.45) is 0 Å². The molecule has 1 amide bonds. The maximum Gasteiger partial charge on any atom is 0.255 e. The highest BCUT2D eigenvalue weighted by Gasteiger charge is 2.13. The second-order valence-electron chi connectivity index (χ2n) is 6.95. The molecule has 1 N–H and O–H groups in total. The number of fused-ring (bicyclic) bond motifs is 1. The maximum atomic E-state index is 13.1. The van der Waals surface area contributed by atoms with Crippen LogP contribution in [0, 0.1) is 12.7 Å². The van der Waals surface area contributed by atoms with Crippen LogP contribution in [0.5, 0.6) is 0 Å². The van der Waals surface area contributed by atoms with Gasteiger partial charge in [-0.25, -0.2) is 14.4 Å². The Labute approximate surface area is 168 Å². The number of benzene rings is 2. The number of carbonyl (C=O) groups excluding carboxylic acids is 1. The van der Waals surface area contributed by atoms with Crippen LogP contribution < -0.4 is 5.32 Å². The smallest absolute Gasteiger partial charge is 0.255 e. The number of aryl methyl sites for hydroxylation is 2. The molecule has 2 aromatic carbocycles. The number of nitrogens with zero attached hydrogens (tertiary/aromatic N) is 4. The number of aromatic nitrogens is 4. The van der Waals surface area contributed by atoms with E-state index in [4.69, 9.17) is 4.98 Å². The molecule has 0 aliphatic heterocycles. The molecule has 7 heteroatoms. The largest absolute Gasteiger partial charge is 0.328 e. The zero-order valence-corrected chi connectivity index (χ0v) is 16.4. The molecule has 0 saturated carbocycles.